The maximum atomic E-state index is 12.9. The van der Waals surface area contributed by atoms with Crippen LogP contribution < -0.4 is 24.8 Å². The Labute approximate surface area is 289 Å². The Morgan fingerprint density at radius 2 is 1.44 bits per heavy atom. The van der Waals surface area contributed by atoms with Crippen LogP contribution in [0.15, 0.2) is 98.9 Å². The van der Waals surface area contributed by atoms with E-state index in [2.05, 4.69) is 14.8 Å². The fourth-order valence-corrected chi connectivity index (χ4v) is 8.65. The second kappa shape index (κ2) is 11.8. The van der Waals surface area contributed by atoms with E-state index >= 15 is 0 Å². The molecule has 0 unspecified atom stereocenters. The van der Waals surface area contributed by atoms with Crippen molar-refractivity contribution in [3.8, 4) is 11.5 Å². The molecule has 0 bridgehead atoms. The number of ether oxygens (including phenoxy) is 1. The van der Waals surface area contributed by atoms with Gasteiger partial charge >= 0.3 is 0 Å². The monoisotopic (exact) mass is 709 g/mol. The molecule has 0 aliphatic carbocycles. The van der Waals surface area contributed by atoms with E-state index in [4.69, 9.17) is 4.74 Å². The molecule has 5 aromatic rings. The Bertz CT molecular complexity index is 2650. The van der Waals surface area contributed by atoms with Crippen molar-refractivity contribution in [3.05, 3.63) is 112 Å². The first kappa shape index (κ1) is 32.3. The second-order valence-electron chi connectivity index (χ2n) is 13.0. The van der Waals surface area contributed by atoms with Gasteiger partial charge in [-0.3, -0.25) is 9.11 Å². The highest BCUT2D eigenvalue weighted by atomic mass is 32.2. The van der Waals surface area contributed by atoms with Crippen LogP contribution in [0, 0.1) is 0 Å². The normalized spacial score (nSPS) is 15.4. The lowest BCUT2D eigenvalue weighted by atomic mass is 9.86. The molecule has 0 atom stereocenters. The fourth-order valence-electron chi connectivity index (χ4n) is 7.34. The van der Waals surface area contributed by atoms with Crippen molar-refractivity contribution < 1.29 is 30.7 Å². The molecule has 0 amide bonds. The molecule has 0 saturated heterocycles. The lowest BCUT2D eigenvalue weighted by Gasteiger charge is -2.27. The molecule has 2 N–H and O–H groups in total. The highest BCUT2D eigenvalue weighted by molar-refractivity contribution is 7.86. The van der Waals surface area contributed by atoms with Crippen molar-refractivity contribution >= 4 is 53.6 Å². The predicted octanol–water partition coefficient (Wildman–Crippen LogP) is 5.55. The minimum Gasteiger partial charge on any atom is -0.455 e. The SMILES string of the molecule is CN(C)c1ccc(N=Nc2ccc3c4c(ccc3c2)C(c2ccc(S(=O)(=O)O)cc2S(=O)(=O)O)=c2cc3c5c(c2O4)CCC[N+]=5CCC3)cc1. The van der Waals surface area contributed by atoms with Gasteiger partial charge < -0.3 is 9.64 Å². The molecule has 3 aliphatic rings. The van der Waals surface area contributed by atoms with Crippen LogP contribution in [0.25, 0.3) is 16.3 Å². The van der Waals surface area contributed by atoms with Crippen molar-refractivity contribution in [2.75, 3.05) is 32.1 Å². The van der Waals surface area contributed by atoms with E-state index in [0.717, 1.165) is 83.8 Å². The van der Waals surface area contributed by atoms with Crippen LogP contribution in [0.1, 0.15) is 35.1 Å². The average molecular weight is 710 g/mol. The first-order chi connectivity index (χ1) is 23.9. The topological polar surface area (TPSA) is 149 Å². The van der Waals surface area contributed by atoms with Gasteiger partial charge in [-0.2, -0.15) is 27.1 Å². The summed E-state index contributed by atoms with van der Waals surface area (Å²) >= 11 is 0. The summed E-state index contributed by atoms with van der Waals surface area (Å²) in [7, 11) is -5.78. The first-order valence-corrected chi connectivity index (χ1v) is 19.1. The van der Waals surface area contributed by atoms with Gasteiger partial charge in [0, 0.05) is 65.5 Å². The largest absolute Gasteiger partial charge is 0.455 e. The van der Waals surface area contributed by atoms with E-state index in [1.165, 1.54) is 6.07 Å². The summed E-state index contributed by atoms with van der Waals surface area (Å²) in [5.74, 6) is 1.10. The van der Waals surface area contributed by atoms with E-state index in [-0.39, 0.29) is 5.56 Å². The molecular weight excluding hydrogens is 677 g/mol. The van der Waals surface area contributed by atoms with E-state index in [0.29, 0.717) is 39.2 Å². The van der Waals surface area contributed by atoms with E-state index in [9.17, 15) is 25.9 Å². The molecule has 50 heavy (non-hydrogen) atoms. The number of anilines is 1. The molecular formula is C37H33N4O7S2+. The Kier molecular flexibility index (Phi) is 7.64. The number of nitrogens with zero attached hydrogens (tertiary/aromatic N) is 4. The number of hydrogen-bond donors (Lipinski definition) is 2. The third-order valence-electron chi connectivity index (χ3n) is 9.61. The van der Waals surface area contributed by atoms with Gasteiger partial charge in [-0.15, -0.1) is 0 Å². The van der Waals surface area contributed by atoms with E-state index < -0.39 is 30.0 Å². The molecule has 8 rings (SSSR count). The standard InChI is InChI=1S/C37H32N4O7S2/c1-40(2)26-11-8-24(9-12-26)38-39-25-10-15-28-22(19-25)7-14-30-34(29-16-13-27(49(42,43)44)21-33(29)50(45,46)47)32-20-23-5-3-17-41-18-4-6-31(35(23)41)37(32)48-36(28)30/h7-16,19-21H,3-6,17-18H2,1-2H3,(H-,42,43,44,45,46,47)/p+1. The van der Waals surface area contributed by atoms with Crippen LogP contribution in [0.2, 0.25) is 0 Å². The van der Waals surface area contributed by atoms with Gasteiger partial charge in [0.25, 0.3) is 20.2 Å². The quantitative estimate of drug-likeness (QED) is 0.130. The minimum absolute atomic E-state index is 0.0892. The zero-order chi connectivity index (χ0) is 34.9. The lowest BCUT2D eigenvalue weighted by Crippen LogP contribution is -2.45. The van der Waals surface area contributed by atoms with E-state index in [1.54, 1.807) is 0 Å². The fraction of sp³-hybridized carbons (Fsp3) is 0.216. The maximum absolute atomic E-state index is 12.9. The Morgan fingerprint density at radius 3 is 2.16 bits per heavy atom. The molecule has 3 aliphatic heterocycles. The van der Waals surface area contributed by atoms with Gasteiger partial charge in [-0.1, -0.05) is 12.1 Å². The summed E-state index contributed by atoms with van der Waals surface area (Å²) < 4.78 is 79.3. The zero-order valence-electron chi connectivity index (χ0n) is 27.3. The van der Waals surface area contributed by atoms with Crippen LogP contribution >= 0.6 is 0 Å². The predicted molar refractivity (Wildman–Crippen MR) is 190 cm³/mol. The Morgan fingerprint density at radius 1 is 0.740 bits per heavy atom. The van der Waals surface area contributed by atoms with Crippen LogP contribution in [-0.2, 0) is 33.1 Å². The molecule has 0 radical (unpaired) electrons. The highest BCUT2D eigenvalue weighted by Crippen LogP contribution is 2.44. The van der Waals surface area contributed by atoms with Gasteiger partial charge in [0.05, 0.1) is 21.8 Å². The van der Waals surface area contributed by atoms with Gasteiger partial charge in [0.2, 0.25) is 5.36 Å². The number of rotatable bonds is 6. The first-order valence-electron chi connectivity index (χ1n) is 16.2. The second-order valence-corrected chi connectivity index (χ2v) is 15.8. The molecule has 11 nitrogen and oxygen atoms in total. The minimum atomic E-state index is -4.96. The van der Waals surface area contributed by atoms with Crippen LogP contribution in [-0.4, -0.2) is 53.1 Å². The summed E-state index contributed by atoms with van der Waals surface area (Å²) in [5, 5.41) is 12.3. The number of aryl methyl sites for hydroxylation is 1. The molecule has 0 fully saturated rings. The van der Waals surface area contributed by atoms with Crippen molar-refractivity contribution in [1.82, 2.24) is 4.58 Å². The van der Waals surface area contributed by atoms with Crippen molar-refractivity contribution in [1.29, 1.82) is 0 Å². The molecule has 254 valence electrons. The average Bonchev–Trinajstić information content (AvgIpc) is 3.09. The van der Waals surface area contributed by atoms with Gasteiger partial charge in [-0.25, -0.2) is 4.58 Å². The maximum Gasteiger partial charge on any atom is 0.295 e. The molecule has 13 heteroatoms. The van der Waals surface area contributed by atoms with Crippen molar-refractivity contribution in [2.45, 2.75) is 35.5 Å². The number of azo groups is 1. The summed E-state index contributed by atoms with van der Waals surface area (Å²) in [6, 6.07) is 22.4. The number of hydrogen-bond acceptors (Lipinski definition) is 8. The van der Waals surface area contributed by atoms with Gasteiger partial charge in [0.15, 0.2) is 0 Å². The van der Waals surface area contributed by atoms with Crippen LogP contribution in [0.4, 0.5) is 17.1 Å². The lowest BCUT2D eigenvalue weighted by molar-refractivity contribution is 0.440. The molecule has 5 aromatic carbocycles. The molecule has 3 heterocycles. The number of fused-ring (bicyclic) bond motifs is 5. The highest BCUT2D eigenvalue weighted by Gasteiger charge is 2.33. The molecule has 0 saturated carbocycles. The number of benzene rings is 5. The van der Waals surface area contributed by atoms with Crippen LogP contribution in [0.3, 0.4) is 0 Å². The summed E-state index contributed by atoms with van der Waals surface area (Å²) in [6.07, 6.45) is 3.51. The molecule has 0 aromatic heterocycles. The Balaban J connectivity index is 1.36. The molecule has 0 spiro atoms. The third-order valence-corrected chi connectivity index (χ3v) is 11.4. The van der Waals surface area contributed by atoms with Crippen molar-refractivity contribution in [3.63, 3.8) is 0 Å². The van der Waals surface area contributed by atoms with Crippen LogP contribution in [0.5, 0.6) is 11.5 Å². The van der Waals surface area contributed by atoms with E-state index in [1.807, 2.05) is 79.7 Å². The van der Waals surface area contributed by atoms with Gasteiger partial charge in [-0.05, 0) is 85.0 Å². The Hall–Kier alpha value is -4.95. The summed E-state index contributed by atoms with van der Waals surface area (Å²) in [4.78, 5) is 0.724. The summed E-state index contributed by atoms with van der Waals surface area (Å²) in [5.41, 5.74) is 5.70. The van der Waals surface area contributed by atoms with Crippen molar-refractivity contribution in [2.24, 2.45) is 10.2 Å². The smallest absolute Gasteiger partial charge is 0.295 e. The third kappa shape index (κ3) is 5.56. The summed E-state index contributed by atoms with van der Waals surface area (Å²) in [6.45, 7) is 1.88. The zero-order valence-corrected chi connectivity index (χ0v) is 28.9. The van der Waals surface area contributed by atoms with Gasteiger partial charge in [0.1, 0.15) is 29.5 Å².